The number of ether oxygens (including phenoxy) is 1. The highest BCUT2D eigenvalue weighted by Gasteiger charge is 2.23. The Balaban J connectivity index is 2.08. The third kappa shape index (κ3) is 3.51. The summed E-state index contributed by atoms with van der Waals surface area (Å²) in [6.45, 7) is 2.64. The van der Waals surface area contributed by atoms with Gasteiger partial charge in [-0.25, -0.2) is 0 Å². The predicted octanol–water partition coefficient (Wildman–Crippen LogP) is 2.31. The van der Waals surface area contributed by atoms with Crippen molar-refractivity contribution in [3.63, 3.8) is 0 Å². The van der Waals surface area contributed by atoms with Crippen LogP contribution in [0.1, 0.15) is 42.9 Å². The Labute approximate surface area is 119 Å². The number of aryl methyl sites for hydroxylation is 1. The molecule has 0 amide bonds. The first kappa shape index (κ1) is 14.9. The smallest absolute Gasteiger partial charge is 0.303 e. The van der Waals surface area contributed by atoms with Crippen LogP contribution in [-0.2, 0) is 24.1 Å². The summed E-state index contributed by atoms with van der Waals surface area (Å²) >= 11 is 0. The maximum absolute atomic E-state index is 10.5. The average molecular weight is 277 g/mol. The Kier molecular flexibility index (Phi) is 5.01. The number of rotatable bonds is 7. The van der Waals surface area contributed by atoms with Gasteiger partial charge < -0.3 is 15.6 Å². The molecule has 3 N–H and O–H groups in total. The van der Waals surface area contributed by atoms with E-state index in [0.717, 1.165) is 31.4 Å². The number of fused-ring (bicyclic) bond motifs is 1. The van der Waals surface area contributed by atoms with Crippen molar-refractivity contribution in [1.82, 2.24) is 0 Å². The lowest BCUT2D eigenvalue weighted by Gasteiger charge is -2.15. The summed E-state index contributed by atoms with van der Waals surface area (Å²) in [5.41, 5.74) is 9.78. The highest BCUT2D eigenvalue weighted by Crippen LogP contribution is 2.34. The summed E-state index contributed by atoms with van der Waals surface area (Å²) in [6.07, 6.45) is 4.49. The fourth-order valence-corrected chi connectivity index (χ4v) is 2.86. The van der Waals surface area contributed by atoms with Gasteiger partial charge in [-0.1, -0.05) is 12.1 Å². The van der Waals surface area contributed by atoms with Gasteiger partial charge in [-0.3, -0.25) is 4.79 Å². The molecule has 1 atom stereocenters. The first-order chi connectivity index (χ1) is 9.61. The van der Waals surface area contributed by atoms with Crippen molar-refractivity contribution in [2.75, 3.05) is 6.61 Å². The molecule has 4 heteroatoms. The van der Waals surface area contributed by atoms with Crippen molar-refractivity contribution in [3.8, 4) is 5.75 Å². The highest BCUT2D eigenvalue weighted by atomic mass is 16.5. The number of carboxylic acid groups (broad SMARTS) is 1. The fraction of sp³-hybridized carbons (Fsp3) is 0.562. The second-order valence-corrected chi connectivity index (χ2v) is 5.39. The van der Waals surface area contributed by atoms with Crippen molar-refractivity contribution in [2.45, 2.75) is 51.5 Å². The number of carboxylic acids is 1. The summed E-state index contributed by atoms with van der Waals surface area (Å²) in [5, 5.41) is 8.67. The molecule has 0 fully saturated rings. The van der Waals surface area contributed by atoms with E-state index in [1.165, 1.54) is 16.7 Å². The molecule has 0 aromatic heterocycles. The Hall–Kier alpha value is -1.55. The van der Waals surface area contributed by atoms with Crippen molar-refractivity contribution in [1.29, 1.82) is 0 Å². The van der Waals surface area contributed by atoms with Gasteiger partial charge >= 0.3 is 5.97 Å². The largest absolute Gasteiger partial charge is 0.493 e. The molecule has 110 valence electrons. The summed E-state index contributed by atoms with van der Waals surface area (Å²) in [6, 6.07) is 4.46. The van der Waals surface area contributed by atoms with Gasteiger partial charge in [0.25, 0.3) is 0 Å². The van der Waals surface area contributed by atoms with Crippen molar-refractivity contribution in [2.24, 2.45) is 5.73 Å². The van der Waals surface area contributed by atoms with Crippen LogP contribution in [0.3, 0.4) is 0 Å². The standard InChI is InChI=1S/C16H23NO3/c1-2-20-16-11(5-3-4-6-15(18)19)7-8-12-9-13(17)10-14(12)16/h7-8,13H,2-6,9-10,17H2,1H3,(H,18,19). The van der Waals surface area contributed by atoms with Crippen LogP contribution in [-0.4, -0.2) is 23.7 Å². The van der Waals surface area contributed by atoms with Gasteiger partial charge in [0, 0.05) is 12.5 Å². The minimum Gasteiger partial charge on any atom is -0.493 e. The summed E-state index contributed by atoms with van der Waals surface area (Å²) in [7, 11) is 0. The molecule has 0 saturated carbocycles. The molecule has 0 saturated heterocycles. The van der Waals surface area contributed by atoms with E-state index >= 15 is 0 Å². The molecule has 0 heterocycles. The van der Waals surface area contributed by atoms with Crippen molar-refractivity contribution >= 4 is 5.97 Å². The van der Waals surface area contributed by atoms with E-state index in [9.17, 15) is 4.79 Å². The van der Waals surface area contributed by atoms with E-state index in [4.69, 9.17) is 15.6 Å². The van der Waals surface area contributed by atoms with Gasteiger partial charge in [-0.2, -0.15) is 0 Å². The Bertz CT molecular complexity index is 485. The number of nitrogens with two attached hydrogens (primary N) is 1. The van der Waals surface area contributed by atoms with Crippen molar-refractivity contribution < 1.29 is 14.6 Å². The quantitative estimate of drug-likeness (QED) is 0.750. The molecule has 1 aliphatic rings. The maximum atomic E-state index is 10.5. The van der Waals surface area contributed by atoms with Crippen LogP contribution < -0.4 is 10.5 Å². The molecule has 20 heavy (non-hydrogen) atoms. The van der Waals surface area contributed by atoms with Crippen LogP contribution in [0.25, 0.3) is 0 Å². The molecule has 1 aromatic rings. The Morgan fingerprint density at radius 1 is 1.40 bits per heavy atom. The molecule has 1 aliphatic carbocycles. The van der Waals surface area contributed by atoms with Crippen LogP contribution in [0, 0.1) is 0 Å². The monoisotopic (exact) mass is 277 g/mol. The molecular formula is C16H23NO3. The zero-order valence-corrected chi connectivity index (χ0v) is 12.0. The number of carbonyl (C=O) groups is 1. The fourth-order valence-electron chi connectivity index (χ4n) is 2.86. The lowest BCUT2D eigenvalue weighted by Crippen LogP contribution is -2.19. The van der Waals surface area contributed by atoms with Crippen LogP contribution >= 0.6 is 0 Å². The minimum absolute atomic E-state index is 0.200. The molecule has 2 rings (SSSR count). The molecule has 1 aromatic carbocycles. The first-order valence-electron chi connectivity index (χ1n) is 7.35. The van der Waals surface area contributed by atoms with E-state index in [-0.39, 0.29) is 12.5 Å². The SMILES string of the molecule is CCOc1c(CCCCC(=O)O)ccc2c1CC(N)C2. The average Bonchev–Trinajstić information content (AvgIpc) is 2.77. The number of unbranched alkanes of at least 4 members (excludes halogenated alkanes) is 1. The Morgan fingerprint density at radius 2 is 2.20 bits per heavy atom. The minimum atomic E-state index is -0.727. The topological polar surface area (TPSA) is 72.5 Å². The lowest BCUT2D eigenvalue weighted by molar-refractivity contribution is -0.137. The van der Waals surface area contributed by atoms with Gasteiger partial charge in [-0.05, 0) is 55.7 Å². The van der Waals surface area contributed by atoms with Crippen LogP contribution in [0.2, 0.25) is 0 Å². The Morgan fingerprint density at radius 3 is 2.90 bits per heavy atom. The second kappa shape index (κ2) is 6.75. The van der Waals surface area contributed by atoms with Crippen LogP contribution in [0.5, 0.6) is 5.75 Å². The molecule has 4 nitrogen and oxygen atoms in total. The third-order valence-corrected chi connectivity index (χ3v) is 3.76. The zero-order valence-electron chi connectivity index (χ0n) is 12.0. The van der Waals surface area contributed by atoms with E-state index in [0.29, 0.717) is 13.0 Å². The summed E-state index contributed by atoms with van der Waals surface area (Å²) in [4.78, 5) is 10.5. The van der Waals surface area contributed by atoms with E-state index in [1.54, 1.807) is 0 Å². The third-order valence-electron chi connectivity index (χ3n) is 3.76. The molecule has 0 bridgehead atoms. The summed E-state index contributed by atoms with van der Waals surface area (Å²) < 4.78 is 5.83. The van der Waals surface area contributed by atoms with Gasteiger partial charge in [0.2, 0.25) is 0 Å². The molecule has 0 aliphatic heterocycles. The zero-order chi connectivity index (χ0) is 14.5. The van der Waals surface area contributed by atoms with Crippen LogP contribution in [0.15, 0.2) is 12.1 Å². The van der Waals surface area contributed by atoms with Crippen LogP contribution in [0.4, 0.5) is 0 Å². The van der Waals surface area contributed by atoms with E-state index < -0.39 is 5.97 Å². The first-order valence-corrected chi connectivity index (χ1v) is 7.35. The predicted molar refractivity (Wildman–Crippen MR) is 78.2 cm³/mol. The second-order valence-electron chi connectivity index (χ2n) is 5.39. The highest BCUT2D eigenvalue weighted by molar-refractivity contribution is 5.66. The lowest BCUT2D eigenvalue weighted by atomic mass is 10.00. The summed E-state index contributed by atoms with van der Waals surface area (Å²) in [5.74, 6) is 0.267. The molecule has 0 spiro atoms. The van der Waals surface area contributed by atoms with Gasteiger partial charge in [0.1, 0.15) is 5.75 Å². The maximum Gasteiger partial charge on any atom is 0.303 e. The number of hydrogen-bond donors (Lipinski definition) is 2. The molecule has 1 unspecified atom stereocenters. The van der Waals surface area contributed by atoms with E-state index in [1.807, 2.05) is 6.92 Å². The normalized spacial score (nSPS) is 17.0. The van der Waals surface area contributed by atoms with Gasteiger partial charge in [0.15, 0.2) is 0 Å². The van der Waals surface area contributed by atoms with E-state index in [2.05, 4.69) is 12.1 Å². The number of aliphatic carboxylic acids is 1. The van der Waals surface area contributed by atoms with Gasteiger partial charge in [-0.15, -0.1) is 0 Å². The van der Waals surface area contributed by atoms with Crippen molar-refractivity contribution in [3.05, 3.63) is 28.8 Å². The number of hydrogen-bond acceptors (Lipinski definition) is 3. The molecule has 0 radical (unpaired) electrons. The molecular weight excluding hydrogens is 254 g/mol. The number of benzene rings is 1. The van der Waals surface area contributed by atoms with Gasteiger partial charge in [0.05, 0.1) is 6.61 Å².